The molecule has 0 atom stereocenters. The fraction of sp³-hybridized carbons (Fsp3) is 0.118. The number of nitrogens with zero attached hydrogens (tertiary/aromatic N) is 4. The molecule has 27 heavy (non-hydrogen) atoms. The van der Waals surface area contributed by atoms with Crippen molar-refractivity contribution in [2.75, 3.05) is 5.43 Å². The van der Waals surface area contributed by atoms with Crippen LogP contribution in [0.3, 0.4) is 0 Å². The van der Waals surface area contributed by atoms with E-state index in [1.165, 1.54) is 18.3 Å². The predicted molar refractivity (Wildman–Crippen MR) is 108 cm³/mol. The molecule has 0 saturated carbocycles. The number of hydrazone groups is 1. The van der Waals surface area contributed by atoms with Gasteiger partial charge in [0.15, 0.2) is 11.6 Å². The summed E-state index contributed by atoms with van der Waals surface area (Å²) in [4.78, 5) is 18.8. The van der Waals surface area contributed by atoms with Gasteiger partial charge in [0.25, 0.3) is 5.69 Å². The van der Waals surface area contributed by atoms with E-state index in [0.717, 1.165) is 5.56 Å². The smallest absolute Gasteiger partial charge is 0.261 e. The Hall–Kier alpha value is -2.48. The molecule has 3 rings (SSSR count). The predicted octanol–water partition coefficient (Wildman–Crippen LogP) is 5.12. The van der Waals surface area contributed by atoms with E-state index in [1.807, 2.05) is 19.1 Å². The minimum Gasteiger partial charge on any atom is -0.261 e. The first-order chi connectivity index (χ1) is 12.7. The van der Waals surface area contributed by atoms with Gasteiger partial charge in [-0.25, -0.2) is 9.97 Å². The highest BCUT2D eigenvalue weighted by molar-refractivity contribution is 6.66. The summed E-state index contributed by atoms with van der Waals surface area (Å²) in [7, 11) is 0. The number of anilines is 1. The van der Waals surface area contributed by atoms with Crippen LogP contribution in [-0.2, 0) is 3.79 Å². The van der Waals surface area contributed by atoms with Gasteiger partial charge in [-0.3, -0.25) is 15.5 Å². The number of benzene rings is 2. The monoisotopic (exact) mass is 423 g/mol. The third-order valence-corrected chi connectivity index (χ3v) is 4.10. The van der Waals surface area contributed by atoms with Crippen LogP contribution in [0, 0.1) is 17.0 Å². The molecule has 138 valence electrons. The van der Waals surface area contributed by atoms with E-state index in [2.05, 4.69) is 20.5 Å². The summed E-state index contributed by atoms with van der Waals surface area (Å²) >= 11 is 17.8. The van der Waals surface area contributed by atoms with Crippen LogP contribution in [0.25, 0.3) is 10.9 Å². The zero-order valence-corrected chi connectivity index (χ0v) is 16.1. The number of aromatic nitrogens is 2. The minimum atomic E-state index is -1.78. The van der Waals surface area contributed by atoms with Gasteiger partial charge in [0.1, 0.15) is 0 Å². The number of hydrogen-bond acceptors (Lipinski definition) is 6. The molecule has 1 aromatic heterocycles. The molecular formula is C17H12Cl3N5O2. The van der Waals surface area contributed by atoms with Crippen LogP contribution >= 0.6 is 34.8 Å². The highest BCUT2D eigenvalue weighted by atomic mass is 35.6. The Morgan fingerprint density at radius 1 is 1.15 bits per heavy atom. The Morgan fingerprint density at radius 2 is 1.85 bits per heavy atom. The number of nitrogens with one attached hydrogen (secondary N) is 1. The fourth-order valence-corrected chi connectivity index (χ4v) is 2.56. The van der Waals surface area contributed by atoms with Crippen molar-refractivity contribution in [2.45, 2.75) is 10.7 Å². The quantitative estimate of drug-likeness (QED) is 0.271. The highest BCUT2D eigenvalue weighted by Gasteiger charge is 2.28. The molecule has 0 radical (unpaired) electrons. The highest BCUT2D eigenvalue weighted by Crippen LogP contribution is 2.37. The van der Waals surface area contributed by atoms with Crippen molar-refractivity contribution in [3.63, 3.8) is 0 Å². The first kappa shape index (κ1) is 19.3. The molecule has 0 aliphatic carbocycles. The Morgan fingerprint density at radius 3 is 2.48 bits per heavy atom. The number of aryl methyl sites for hydroxylation is 1. The second-order valence-electron chi connectivity index (χ2n) is 5.63. The van der Waals surface area contributed by atoms with Crippen LogP contribution in [0.5, 0.6) is 0 Å². The summed E-state index contributed by atoms with van der Waals surface area (Å²) in [5.41, 5.74) is 5.11. The summed E-state index contributed by atoms with van der Waals surface area (Å²) in [5.74, 6) is 0.403. The van der Waals surface area contributed by atoms with E-state index in [-0.39, 0.29) is 11.5 Å². The van der Waals surface area contributed by atoms with Crippen LogP contribution < -0.4 is 5.43 Å². The van der Waals surface area contributed by atoms with Crippen LogP contribution in [0.15, 0.2) is 47.6 Å². The Kier molecular flexibility index (Phi) is 5.46. The normalized spacial score (nSPS) is 11.9. The van der Waals surface area contributed by atoms with Crippen molar-refractivity contribution in [2.24, 2.45) is 5.10 Å². The van der Waals surface area contributed by atoms with Crippen LogP contribution in [-0.4, -0.2) is 21.1 Å². The molecule has 0 saturated heterocycles. The molecule has 0 amide bonds. The molecular weight excluding hydrogens is 413 g/mol. The standard InChI is InChI=1S/C17H12Cl3N5O2/c1-10-2-7-14-13(8-10)15(23-16(22-14)17(18,19)20)24-21-9-11-3-5-12(6-4-11)25(26)27/h2-9H,1H3,(H,22,23,24)/b21-9+. The van der Waals surface area contributed by atoms with Crippen molar-refractivity contribution in [3.05, 3.63) is 69.5 Å². The van der Waals surface area contributed by atoms with Gasteiger partial charge in [-0.2, -0.15) is 5.10 Å². The second kappa shape index (κ2) is 7.64. The molecule has 2 aromatic carbocycles. The number of alkyl halides is 3. The van der Waals surface area contributed by atoms with Gasteiger partial charge < -0.3 is 0 Å². The summed E-state index contributed by atoms with van der Waals surface area (Å²) in [6, 6.07) is 11.5. The van der Waals surface area contributed by atoms with Gasteiger partial charge in [-0.15, -0.1) is 0 Å². The van der Waals surface area contributed by atoms with Crippen LogP contribution in [0.4, 0.5) is 11.5 Å². The van der Waals surface area contributed by atoms with E-state index in [1.54, 1.807) is 18.2 Å². The summed E-state index contributed by atoms with van der Waals surface area (Å²) in [6.07, 6.45) is 1.50. The van der Waals surface area contributed by atoms with Crippen molar-refractivity contribution in [1.29, 1.82) is 0 Å². The van der Waals surface area contributed by atoms with Gasteiger partial charge in [-0.1, -0.05) is 46.4 Å². The van der Waals surface area contributed by atoms with Gasteiger partial charge in [0, 0.05) is 17.5 Å². The van der Waals surface area contributed by atoms with Gasteiger partial charge >= 0.3 is 0 Å². The first-order valence-corrected chi connectivity index (χ1v) is 8.76. The van der Waals surface area contributed by atoms with Crippen LogP contribution in [0.2, 0.25) is 0 Å². The molecule has 3 aromatic rings. The number of rotatable bonds is 4. The van der Waals surface area contributed by atoms with Gasteiger partial charge in [0.05, 0.1) is 16.7 Å². The zero-order valence-electron chi connectivity index (χ0n) is 13.9. The van der Waals surface area contributed by atoms with E-state index < -0.39 is 8.72 Å². The Labute approximate surface area is 169 Å². The van der Waals surface area contributed by atoms with Crippen molar-refractivity contribution in [1.82, 2.24) is 9.97 Å². The maximum absolute atomic E-state index is 10.7. The molecule has 1 heterocycles. The summed E-state index contributed by atoms with van der Waals surface area (Å²) in [5, 5.41) is 15.5. The second-order valence-corrected chi connectivity index (χ2v) is 7.91. The third kappa shape index (κ3) is 4.63. The van der Waals surface area contributed by atoms with Crippen molar-refractivity contribution >= 4 is 63.4 Å². The molecule has 0 spiro atoms. The third-order valence-electron chi connectivity index (χ3n) is 3.59. The van der Waals surface area contributed by atoms with Crippen molar-refractivity contribution in [3.8, 4) is 0 Å². The summed E-state index contributed by atoms with van der Waals surface area (Å²) < 4.78 is -1.78. The lowest BCUT2D eigenvalue weighted by Crippen LogP contribution is -2.09. The van der Waals surface area contributed by atoms with Crippen LogP contribution in [0.1, 0.15) is 17.0 Å². The van der Waals surface area contributed by atoms with Crippen molar-refractivity contribution < 1.29 is 4.92 Å². The lowest BCUT2D eigenvalue weighted by molar-refractivity contribution is -0.384. The number of non-ortho nitro benzene ring substituents is 1. The minimum absolute atomic E-state index is 0.00435. The largest absolute Gasteiger partial charge is 0.269 e. The Balaban J connectivity index is 1.93. The SMILES string of the molecule is Cc1ccc2nc(C(Cl)(Cl)Cl)nc(N/N=C/c3ccc([N+](=O)[O-])cc3)c2c1. The average Bonchev–Trinajstić information content (AvgIpc) is 2.61. The average molecular weight is 425 g/mol. The molecule has 0 unspecified atom stereocenters. The molecule has 1 N–H and O–H groups in total. The number of nitro benzene ring substituents is 1. The maximum atomic E-state index is 10.7. The zero-order chi connectivity index (χ0) is 19.6. The van der Waals surface area contributed by atoms with E-state index in [4.69, 9.17) is 34.8 Å². The van der Waals surface area contributed by atoms with Gasteiger partial charge in [0.2, 0.25) is 3.79 Å². The summed E-state index contributed by atoms with van der Waals surface area (Å²) in [6.45, 7) is 1.94. The molecule has 0 bridgehead atoms. The lowest BCUT2D eigenvalue weighted by atomic mass is 10.1. The molecule has 10 heteroatoms. The molecule has 0 aliphatic heterocycles. The number of nitro groups is 1. The first-order valence-electron chi connectivity index (χ1n) is 7.63. The molecule has 0 aliphatic rings. The topological polar surface area (TPSA) is 93.3 Å². The van der Waals surface area contributed by atoms with E-state index in [0.29, 0.717) is 22.3 Å². The number of hydrogen-bond donors (Lipinski definition) is 1. The molecule has 0 fully saturated rings. The van der Waals surface area contributed by atoms with E-state index >= 15 is 0 Å². The number of fused-ring (bicyclic) bond motifs is 1. The Bertz CT molecular complexity index is 1030. The maximum Gasteiger partial charge on any atom is 0.269 e. The molecule has 7 nitrogen and oxygen atoms in total. The fourth-order valence-electron chi connectivity index (χ4n) is 2.30. The lowest BCUT2D eigenvalue weighted by Gasteiger charge is -2.13. The number of halogens is 3. The van der Waals surface area contributed by atoms with E-state index in [9.17, 15) is 10.1 Å². The van der Waals surface area contributed by atoms with Gasteiger partial charge in [-0.05, 0) is 36.8 Å².